The Balaban J connectivity index is 0.000000208. The zero-order valence-corrected chi connectivity index (χ0v) is 30.7. The van der Waals surface area contributed by atoms with Gasteiger partial charge in [-0.15, -0.1) is 0 Å². The molecule has 276 valence electrons. The van der Waals surface area contributed by atoms with Gasteiger partial charge in [-0.1, -0.05) is 146 Å². The van der Waals surface area contributed by atoms with Gasteiger partial charge in [0, 0.05) is 13.8 Å². The Morgan fingerprint density at radius 2 is 0.685 bits per heavy atom. The summed E-state index contributed by atoms with van der Waals surface area (Å²) in [5.74, 6) is 0.425. The first-order valence-corrected chi connectivity index (χ1v) is 17.4. The number of rotatable bonds is 12. The van der Waals surface area contributed by atoms with Crippen molar-refractivity contribution in [3.05, 3.63) is 203 Å². The number of ether oxygens (including phenoxy) is 4. The fourth-order valence-corrected chi connectivity index (χ4v) is 6.39. The van der Waals surface area contributed by atoms with E-state index < -0.39 is 35.3 Å². The average Bonchev–Trinajstić information content (AvgIpc) is 3.23. The van der Waals surface area contributed by atoms with Crippen LogP contribution in [0.15, 0.2) is 170 Å². The van der Waals surface area contributed by atoms with Crippen LogP contribution < -0.4 is 9.47 Å². The lowest BCUT2D eigenvalue weighted by Gasteiger charge is -2.37. The highest BCUT2D eigenvalue weighted by Crippen LogP contribution is 2.45. The molecule has 54 heavy (non-hydrogen) atoms. The number of benzene rings is 6. The zero-order valence-electron chi connectivity index (χ0n) is 30.7. The third kappa shape index (κ3) is 8.86. The van der Waals surface area contributed by atoms with Crippen molar-refractivity contribution in [2.45, 2.75) is 37.3 Å². The summed E-state index contributed by atoms with van der Waals surface area (Å²) in [7, 11) is 3.17. The minimum absolute atomic E-state index is 0.466. The first-order valence-electron chi connectivity index (χ1n) is 17.4. The monoisotopic (exact) mass is 724 g/mol. The van der Waals surface area contributed by atoms with Crippen molar-refractivity contribution < 1.29 is 38.7 Å². The minimum atomic E-state index is -1.57. The molecule has 0 aromatic heterocycles. The van der Waals surface area contributed by atoms with Crippen LogP contribution in [0.5, 0.6) is 11.5 Å². The van der Waals surface area contributed by atoms with E-state index in [0.29, 0.717) is 44.9 Å². The quantitative estimate of drug-likeness (QED) is 0.121. The third-order valence-electron chi connectivity index (χ3n) is 9.02. The second kappa shape index (κ2) is 18.0. The molecule has 6 rings (SSSR count). The van der Waals surface area contributed by atoms with E-state index in [1.807, 2.05) is 121 Å². The van der Waals surface area contributed by atoms with E-state index in [2.05, 4.69) is 0 Å². The summed E-state index contributed by atoms with van der Waals surface area (Å²) in [6.45, 7) is 2.69. The molecule has 8 heteroatoms. The smallest absolute Gasteiger partial charge is 0.303 e. The van der Waals surface area contributed by atoms with Gasteiger partial charge in [0.15, 0.2) is 23.4 Å². The van der Waals surface area contributed by atoms with Crippen LogP contribution in [0, 0.1) is 0 Å². The molecule has 0 saturated carbocycles. The highest BCUT2D eigenvalue weighted by molar-refractivity contribution is 5.67. The molecule has 0 aliphatic heterocycles. The van der Waals surface area contributed by atoms with E-state index in [4.69, 9.17) is 18.9 Å². The number of methoxy groups -OCH3 is 2. The van der Waals surface area contributed by atoms with Gasteiger partial charge in [-0.05, 0) is 57.6 Å². The Morgan fingerprint density at radius 1 is 0.426 bits per heavy atom. The maximum atomic E-state index is 12.0. The Bertz CT molecular complexity index is 1900. The lowest BCUT2D eigenvalue weighted by molar-refractivity contribution is -0.161. The molecule has 8 nitrogen and oxygen atoms in total. The predicted molar refractivity (Wildman–Crippen MR) is 207 cm³/mol. The number of esters is 2. The van der Waals surface area contributed by atoms with Crippen molar-refractivity contribution in [3.63, 3.8) is 0 Å². The van der Waals surface area contributed by atoms with Crippen LogP contribution in [0.3, 0.4) is 0 Å². The predicted octanol–water partition coefficient (Wildman–Crippen LogP) is 8.47. The summed E-state index contributed by atoms with van der Waals surface area (Å²) >= 11 is 0. The van der Waals surface area contributed by atoms with Gasteiger partial charge in [0.25, 0.3) is 0 Å². The number of carbonyl (C=O) groups is 2. The lowest BCUT2D eigenvalue weighted by Crippen LogP contribution is -2.37. The van der Waals surface area contributed by atoms with Crippen LogP contribution in [0.2, 0.25) is 0 Å². The molecule has 6 aromatic rings. The van der Waals surface area contributed by atoms with Crippen LogP contribution >= 0.6 is 0 Å². The van der Waals surface area contributed by atoms with Crippen LogP contribution in [0.25, 0.3) is 0 Å². The van der Waals surface area contributed by atoms with Crippen molar-refractivity contribution >= 4 is 11.9 Å². The van der Waals surface area contributed by atoms with Gasteiger partial charge in [-0.25, -0.2) is 0 Å². The first kappa shape index (κ1) is 39.0. The number of aliphatic hydroxyl groups is 2. The molecule has 4 unspecified atom stereocenters. The van der Waals surface area contributed by atoms with Crippen LogP contribution in [0.4, 0.5) is 0 Å². The van der Waals surface area contributed by atoms with E-state index in [-0.39, 0.29) is 0 Å². The summed E-state index contributed by atoms with van der Waals surface area (Å²) in [6, 6.07) is 51.2. The first-order chi connectivity index (χ1) is 26.1. The normalized spacial score (nSPS) is 14.0. The van der Waals surface area contributed by atoms with E-state index in [0.717, 1.165) is 0 Å². The zero-order chi connectivity index (χ0) is 38.6. The summed E-state index contributed by atoms with van der Waals surface area (Å²) in [4.78, 5) is 23.8. The molecule has 0 amide bonds. The average molecular weight is 725 g/mol. The Labute approximate surface area is 316 Å². The van der Waals surface area contributed by atoms with Crippen LogP contribution in [-0.2, 0) is 30.3 Å². The van der Waals surface area contributed by atoms with Gasteiger partial charge in [-0.2, -0.15) is 0 Å². The largest absolute Gasteiger partial charge is 0.497 e. The Kier molecular flexibility index (Phi) is 13.0. The van der Waals surface area contributed by atoms with Crippen LogP contribution in [0.1, 0.15) is 59.4 Å². The fraction of sp³-hybridized carbons (Fsp3) is 0.174. The summed E-state index contributed by atoms with van der Waals surface area (Å²) in [5, 5.41) is 23.9. The van der Waals surface area contributed by atoms with Gasteiger partial charge in [0.2, 0.25) is 0 Å². The maximum Gasteiger partial charge on any atom is 0.303 e. The molecular weight excluding hydrogens is 680 g/mol. The number of carbonyl (C=O) groups excluding carboxylic acids is 2. The summed E-state index contributed by atoms with van der Waals surface area (Å²) in [6.07, 6.45) is -1.82. The molecular formula is C46H44O8. The van der Waals surface area contributed by atoms with Crippen molar-refractivity contribution in [1.82, 2.24) is 0 Å². The highest BCUT2D eigenvalue weighted by atomic mass is 16.6. The van der Waals surface area contributed by atoms with Gasteiger partial charge < -0.3 is 29.2 Å². The fourth-order valence-electron chi connectivity index (χ4n) is 6.39. The number of hydrogen-bond acceptors (Lipinski definition) is 8. The summed E-state index contributed by atoms with van der Waals surface area (Å²) < 4.78 is 21.8. The SMILES string of the molecule is COc1ccc(C(O)(c2ccccc2)C(OC(C)=O)c2ccccc2)cc1.COc1ccc(C(O)(c2ccccc2)C(OC(C)=O)c2ccccc2)cc1. The number of hydrogen-bond donors (Lipinski definition) is 2. The molecule has 6 aromatic carbocycles. The molecule has 0 aliphatic carbocycles. The van der Waals surface area contributed by atoms with E-state index in [1.165, 1.54) is 13.8 Å². The molecule has 0 bridgehead atoms. The minimum Gasteiger partial charge on any atom is -0.497 e. The molecule has 0 aliphatic rings. The molecule has 2 N–H and O–H groups in total. The second-order valence-corrected chi connectivity index (χ2v) is 12.5. The van der Waals surface area contributed by atoms with Crippen molar-refractivity contribution in [2.24, 2.45) is 0 Å². The Hall–Kier alpha value is -6.22. The Morgan fingerprint density at radius 3 is 0.944 bits per heavy atom. The van der Waals surface area contributed by atoms with Gasteiger partial charge >= 0.3 is 11.9 Å². The molecule has 0 spiro atoms. The molecule has 0 heterocycles. The molecule has 0 radical (unpaired) electrons. The topological polar surface area (TPSA) is 112 Å². The van der Waals surface area contributed by atoms with Gasteiger partial charge in [0.1, 0.15) is 11.5 Å². The van der Waals surface area contributed by atoms with Gasteiger partial charge in [-0.3, -0.25) is 9.59 Å². The van der Waals surface area contributed by atoms with Crippen molar-refractivity contribution in [3.8, 4) is 11.5 Å². The van der Waals surface area contributed by atoms with Crippen molar-refractivity contribution in [1.29, 1.82) is 0 Å². The lowest BCUT2D eigenvalue weighted by atomic mass is 9.79. The van der Waals surface area contributed by atoms with E-state index >= 15 is 0 Å². The van der Waals surface area contributed by atoms with E-state index in [1.54, 1.807) is 62.8 Å². The van der Waals surface area contributed by atoms with Crippen LogP contribution in [-0.4, -0.2) is 36.4 Å². The summed E-state index contributed by atoms with van der Waals surface area (Å²) in [5.41, 5.74) is 0.732. The maximum absolute atomic E-state index is 12.0. The van der Waals surface area contributed by atoms with Crippen molar-refractivity contribution in [2.75, 3.05) is 14.2 Å². The van der Waals surface area contributed by atoms with Gasteiger partial charge in [0.05, 0.1) is 14.2 Å². The molecule has 0 saturated heterocycles. The highest BCUT2D eigenvalue weighted by Gasteiger charge is 2.45. The van der Waals surface area contributed by atoms with E-state index in [9.17, 15) is 19.8 Å². The third-order valence-corrected chi connectivity index (χ3v) is 9.02. The molecule has 4 atom stereocenters. The molecule has 0 fully saturated rings. The second-order valence-electron chi connectivity index (χ2n) is 12.5. The standard InChI is InChI=1S/2C23H22O4/c2*1-17(24)27-22(18-9-5-3-6-10-18)23(25,19-11-7-4-8-12-19)20-13-15-21(26-2)16-14-20/h2*3-16,22,25H,1-2H3.